The van der Waals surface area contributed by atoms with Crippen LogP contribution in [0.3, 0.4) is 0 Å². The molecule has 0 bridgehead atoms. The van der Waals surface area contributed by atoms with Crippen LogP contribution in [0.15, 0.2) is 27.1 Å². The van der Waals surface area contributed by atoms with E-state index in [1.807, 2.05) is 0 Å². The third kappa shape index (κ3) is 4.34. The third-order valence-corrected chi connectivity index (χ3v) is 5.34. The summed E-state index contributed by atoms with van der Waals surface area (Å²) in [6.45, 7) is 1.70. The lowest BCUT2D eigenvalue weighted by atomic mass is 10.1. The van der Waals surface area contributed by atoms with Crippen molar-refractivity contribution in [3.8, 4) is 0 Å². The van der Waals surface area contributed by atoms with Gasteiger partial charge in [0.2, 0.25) is 0 Å². The number of hydrogen-bond donors (Lipinski definition) is 2. The second-order valence-electron chi connectivity index (χ2n) is 5.00. The Morgan fingerprint density at radius 3 is 2.67 bits per heavy atom. The van der Waals surface area contributed by atoms with Crippen LogP contribution in [0.4, 0.5) is 0 Å². The minimum Gasteiger partial charge on any atom is -0.329 e. The first-order valence-corrected chi connectivity index (χ1v) is 8.17. The summed E-state index contributed by atoms with van der Waals surface area (Å²) in [5.74, 6) is 1.02. The lowest BCUT2D eigenvalue weighted by Crippen LogP contribution is -2.29. The summed E-state index contributed by atoms with van der Waals surface area (Å²) in [4.78, 5) is 0. The monoisotopic (exact) mass is 374 g/mol. The summed E-state index contributed by atoms with van der Waals surface area (Å²) in [5.41, 5.74) is 7.11. The van der Waals surface area contributed by atoms with Gasteiger partial charge >= 0.3 is 0 Å². The van der Waals surface area contributed by atoms with E-state index in [0.29, 0.717) is 6.54 Å². The Labute approximate surface area is 126 Å². The lowest BCUT2D eigenvalue weighted by Gasteiger charge is -2.18. The van der Waals surface area contributed by atoms with Gasteiger partial charge in [-0.1, -0.05) is 18.9 Å². The van der Waals surface area contributed by atoms with E-state index >= 15 is 0 Å². The number of benzene rings is 1. The molecule has 3 N–H and O–H groups in total. The van der Waals surface area contributed by atoms with E-state index < -0.39 is 0 Å². The van der Waals surface area contributed by atoms with E-state index in [9.17, 15) is 0 Å². The minimum absolute atomic E-state index is 0.258. The van der Waals surface area contributed by atoms with Gasteiger partial charge in [0.1, 0.15) is 0 Å². The Morgan fingerprint density at radius 1 is 1.28 bits per heavy atom. The van der Waals surface area contributed by atoms with Gasteiger partial charge in [-0.15, -0.1) is 0 Å². The van der Waals surface area contributed by atoms with Gasteiger partial charge in [0.05, 0.1) is 0 Å². The summed E-state index contributed by atoms with van der Waals surface area (Å²) in [6.07, 6.45) is 5.52. The summed E-state index contributed by atoms with van der Waals surface area (Å²) in [6, 6.07) is 6.58. The van der Waals surface area contributed by atoms with Crippen molar-refractivity contribution in [2.24, 2.45) is 11.7 Å². The van der Waals surface area contributed by atoms with Crippen molar-refractivity contribution in [2.75, 3.05) is 13.1 Å². The molecule has 0 spiro atoms. The van der Waals surface area contributed by atoms with Gasteiger partial charge in [-0.25, -0.2) is 0 Å². The average Bonchev–Trinajstić information content (AvgIpc) is 3.17. The molecule has 0 saturated heterocycles. The highest BCUT2D eigenvalue weighted by Gasteiger charge is 2.20. The number of hydrogen-bond acceptors (Lipinski definition) is 2. The number of nitrogens with one attached hydrogen (secondary N) is 1. The van der Waals surface area contributed by atoms with Gasteiger partial charge in [0.25, 0.3) is 0 Å². The van der Waals surface area contributed by atoms with E-state index in [4.69, 9.17) is 5.73 Å². The SMILES string of the molecule is NCC(NCCCC1CC1)c1ccc(Br)c(Br)c1. The van der Waals surface area contributed by atoms with Gasteiger partial charge < -0.3 is 11.1 Å². The molecule has 1 atom stereocenters. The molecule has 2 rings (SSSR count). The van der Waals surface area contributed by atoms with E-state index in [2.05, 4.69) is 55.4 Å². The fourth-order valence-electron chi connectivity index (χ4n) is 2.14. The van der Waals surface area contributed by atoms with Crippen LogP contribution >= 0.6 is 31.9 Å². The summed E-state index contributed by atoms with van der Waals surface area (Å²) < 4.78 is 2.16. The van der Waals surface area contributed by atoms with Crippen molar-refractivity contribution in [2.45, 2.75) is 31.7 Å². The summed E-state index contributed by atoms with van der Waals surface area (Å²) >= 11 is 7.03. The second kappa shape index (κ2) is 7.04. The van der Waals surface area contributed by atoms with Gasteiger partial charge in [-0.05, 0) is 74.9 Å². The Bertz CT molecular complexity index is 391. The Morgan fingerprint density at radius 2 is 2.06 bits per heavy atom. The van der Waals surface area contributed by atoms with Crippen molar-refractivity contribution in [1.82, 2.24) is 5.32 Å². The maximum absolute atomic E-state index is 5.86. The summed E-state index contributed by atoms with van der Waals surface area (Å²) in [5, 5.41) is 3.55. The third-order valence-electron chi connectivity index (χ3n) is 3.46. The highest BCUT2D eigenvalue weighted by molar-refractivity contribution is 9.13. The largest absolute Gasteiger partial charge is 0.329 e. The minimum atomic E-state index is 0.258. The predicted octanol–water partition coefficient (Wildman–Crippen LogP) is 3.99. The maximum Gasteiger partial charge on any atom is 0.0444 e. The molecular formula is C14H20Br2N2. The quantitative estimate of drug-likeness (QED) is 0.707. The zero-order valence-corrected chi connectivity index (χ0v) is 13.6. The topological polar surface area (TPSA) is 38.0 Å². The van der Waals surface area contributed by atoms with Crippen molar-refractivity contribution in [3.63, 3.8) is 0 Å². The molecule has 0 aliphatic heterocycles. The lowest BCUT2D eigenvalue weighted by molar-refractivity contribution is 0.512. The fraction of sp³-hybridized carbons (Fsp3) is 0.571. The summed E-state index contributed by atoms with van der Waals surface area (Å²) in [7, 11) is 0. The Kier molecular flexibility index (Phi) is 5.67. The van der Waals surface area contributed by atoms with Crippen LogP contribution in [-0.4, -0.2) is 13.1 Å². The first-order valence-electron chi connectivity index (χ1n) is 6.59. The van der Waals surface area contributed by atoms with Crippen LogP contribution in [0.5, 0.6) is 0 Å². The van der Waals surface area contributed by atoms with Crippen LogP contribution in [0.2, 0.25) is 0 Å². The molecule has 100 valence electrons. The molecule has 4 heteroatoms. The molecule has 2 nitrogen and oxygen atoms in total. The Balaban J connectivity index is 1.83. The predicted molar refractivity (Wildman–Crippen MR) is 83.6 cm³/mol. The molecule has 0 heterocycles. The first kappa shape index (κ1) is 14.5. The Hall–Kier alpha value is 0.1000. The number of rotatable bonds is 7. The standard InChI is InChI=1S/C14H20Br2N2/c15-12-6-5-11(8-13(12)16)14(9-17)18-7-1-2-10-3-4-10/h5-6,8,10,14,18H,1-4,7,9,17H2. The van der Waals surface area contributed by atoms with Crippen molar-refractivity contribution >= 4 is 31.9 Å². The van der Waals surface area contributed by atoms with Crippen molar-refractivity contribution in [3.05, 3.63) is 32.7 Å². The van der Waals surface area contributed by atoms with Crippen LogP contribution in [-0.2, 0) is 0 Å². The molecule has 1 aliphatic rings. The molecule has 1 aromatic carbocycles. The number of nitrogens with two attached hydrogens (primary N) is 1. The first-order chi connectivity index (χ1) is 8.70. The van der Waals surface area contributed by atoms with Crippen molar-refractivity contribution in [1.29, 1.82) is 0 Å². The van der Waals surface area contributed by atoms with Gasteiger partial charge in [-0.2, -0.15) is 0 Å². The van der Waals surface area contributed by atoms with Crippen molar-refractivity contribution < 1.29 is 0 Å². The molecule has 0 aromatic heterocycles. The average molecular weight is 376 g/mol. The van der Waals surface area contributed by atoms with E-state index in [-0.39, 0.29) is 6.04 Å². The second-order valence-corrected chi connectivity index (χ2v) is 6.71. The molecule has 18 heavy (non-hydrogen) atoms. The molecule has 1 fully saturated rings. The maximum atomic E-state index is 5.86. The molecule has 1 aromatic rings. The number of halogens is 2. The zero-order chi connectivity index (χ0) is 13.0. The van der Waals surface area contributed by atoms with Crippen LogP contribution < -0.4 is 11.1 Å². The van der Waals surface area contributed by atoms with Crippen LogP contribution in [0.25, 0.3) is 0 Å². The molecule has 1 saturated carbocycles. The normalized spacial score (nSPS) is 16.8. The van der Waals surface area contributed by atoms with Crippen LogP contribution in [0, 0.1) is 5.92 Å². The van der Waals surface area contributed by atoms with Gasteiger partial charge in [0.15, 0.2) is 0 Å². The molecule has 0 amide bonds. The fourth-order valence-corrected chi connectivity index (χ4v) is 2.78. The van der Waals surface area contributed by atoms with Gasteiger partial charge in [0, 0.05) is 21.5 Å². The molecule has 0 radical (unpaired) electrons. The smallest absolute Gasteiger partial charge is 0.0444 e. The highest BCUT2D eigenvalue weighted by Crippen LogP contribution is 2.33. The molecular weight excluding hydrogens is 356 g/mol. The molecule has 1 aliphatic carbocycles. The van der Waals surface area contributed by atoms with E-state index in [1.165, 1.54) is 31.2 Å². The van der Waals surface area contributed by atoms with Crippen LogP contribution in [0.1, 0.15) is 37.3 Å². The van der Waals surface area contributed by atoms with Gasteiger partial charge in [-0.3, -0.25) is 0 Å². The van der Waals surface area contributed by atoms with E-state index in [1.54, 1.807) is 0 Å². The van der Waals surface area contributed by atoms with E-state index in [0.717, 1.165) is 21.4 Å². The zero-order valence-electron chi connectivity index (χ0n) is 10.5. The molecule has 1 unspecified atom stereocenters. The highest BCUT2D eigenvalue weighted by atomic mass is 79.9.